The Morgan fingerprint density at radius 3 is 1.94 bits per heavy atom. The molecular formula is C45H64F2N6O13. The molecule has 0 radical (unpaired) electrons. The van der Waals surface area contributed by atoms with Crippen molar-refractivity contribution < 1.29 is 71.2 Å². The van der Waals surface area contributed by atoms with Crippen LogP contribution < -0.4 is 20.3 Å². The first kappa shape index (κ1) is 51.0. The normalized spacial score (nSPS) is 21.4. The zero-order valence-corrected chi connectivity index (χ0v) is 37.4. The molecular weight excluding hydrogens is 871 g/mol. The Kier molecular flexibility index (Phi) is 20.7. The first-order chi connectivity index (χ1) is 32.1. The van der Waals surface area contributed by atoms with E-state index in [0.717, 1.165) is 6.42 Å². The number of hydrogen-bond donors (Lipinski definition) is 5. The molecule has 6 rings (SSSR count). The number of ether oxygens (including phenoxy) is 9. The van der Waals surface area contributed by atoms with Crippen molar-refractivity contribution in [2.75, 3.05) is 129 Å². The van der Waals surface area contributed by atoms with Gasteiger partial charge in [-0.2, -0.15) is 13.9 Å². The number of aliphatic hydroxyl groups excluding tert-OH is 2. The SMILES string of the molecule is CC(F)(F)Oc1ccc(NC(=O)c2cnc(N3CC[C@@H](OCCOCCOCCOCCOCCOCCOCCOCCNC(=O)[C@H]4C[C@@H]5C[C@H]4[C@@H](O)[C@H]5O)C3)c(-c3ccn[nH]3)c2)cc1. The molecule has 3 fully saturated rings. The molecule has 3 aromatic rings. The zero-order chi connectivity index (χ0) is 46.6. The fourth-order valence-electron chi connectivity index (χ4n) is 8.18. The molecule has 3 heterocycles. The first-order valence-electron chi connectivity index (χ1n) is 22.6. The fourth-order valence-corrected chi connectivity index (χ4v) is 8.18. The number of aromatic amines is 1. The Hall–Kier alpha value is -4.42. The van der Waals surface area contributed by atoms with Crippen LogP contribution in [0.5, 0.6) is 5.75 Å². The van der Waals surface area contributed by atoms with Crippen molar-refractivity contribution >= 4 is 23.3 Å². The van der Waals surface area contributed by atoms with Gasteiger partial charge in [-0.15, -0.1) is 0 Å². The minimum absolute atomic E-state index is 0.0191. The maximum Gasteiger partial charge on any atom is 0.394 e. The molecule has 0 unspecified atom stereocenters. The van der Waals surface area contributed by atoms with Gasteiger partial charge in [0.1, 0.15) is 11.6 Å². The summed E-state index contributed by atoms with van der Waals surface area (Å²) in [6, 6.07) is 9.22. The number of aliphatic hydroxyl groups is 2. The van der Waals surface area contributed by atoms with Crippen LogP contribution in [-0.2, 0) is 42.7 Å². The van der Waals surface area contributed by atoms with Crippen molar-refractivity contribution in [3.8, 4) is 17.0 Å². The number of alkyl halides is 2. The van der Waals surface area contributed by atoms with Crippen LogP contribution in [0.1, 0.15) is 36.5 Å². The predicted octanol–water partition coefficient (Wildman–Crippen LogP) is 2.92. The average Bonchev–Trinajstić information content (AvgIpc) is 4.14. The van der Waals surface area contributed by atoms with E-state index < -0.39 is 24.2 Å². The molecule has 19 nitrogen and oxygen atoms in total. The predicted molar refractivity (Wildman–Crippen MR) is 234 cm³/mol. The zero-order valence-electron chi connectivity index (χ0n) is 37.4. The first-order valence-corrected chi connectivity index (χ1v) is 22.6. The Morgan fingerprint density at radius 2 is 1.39 bits per heavy atom. The third-order valence-electron chi connectivity index (χ3n) is 11.4. The van der Waals surface area contributed by atoms with Crippen molar-refractivity contribution in [2.45, 2.75) is 50.6 Å². The number of amides is 2. The minimum Gasteiger partial charge on any atom is -0.433 e. The molecule has 2 saturated carbocycles. The van der Waals surface area contributed by atoms with E-state index in [1.165, 1.54) is 30.5 Å². The van der Waals surface area contributed by atoms with Crippen LogP contribution in [0.3, 0.4) is 0 Å². The van der Waals surface area contributed by atoms with Crippen LogP contribution in [0.15, 0.2) is 48.8 Å². The molecule has 2 amide bonds. The van der Waals surface area contributed by atoms with E-state index in [9.17, 15) is 28.6 Å². The lowest BCUT2D eigenvalue weighted by molar-refractivity contribution is -0.159. The van der Waals surface area contributed by atoms with E-state index >= 15 is 0 Å². The number of carbonyl (C=O) groups excluding carboxylic acids is 2. The van der Waals surface area contributed by atoms with Crippen LogP contribution in [0.25, 0.3) is 11.3 Å². The second-order valence-electron chi connectivity index (χ2n) is 16.2. The van der Waals surface area contributed by atoms with E-state index in [4.69, 9.17) is 37.9 Å². The van der Waals surface area contributed by atoms with E-state index in [1.807, 2.05) is 0 Å². The van der Waals surface area contributed by atoms with Gasteiger partial charge in [-0.1, -0.05) is 0 Å². The Labute approximate surface area is 383 Å². The molecule has 366 valence electrons. The third kappa shape index (κ3) is 16.4. The third-order valence-corrected chi connectivity index (χ3v) is 11.4. The quantitative estimate of drug-likeness (QED) is 0.0568. The van der Waals surface area contributed by atoms with Crippen molar-refractivity contribution in [1.82, 2.24) is 20.5 Å². The highest BCUT2D eigenvalue weighted by Gasteiger charge is 2.53. The second kappa shape index (κ2) is 26.8. The smallest absolute Gasteiger partial charge is 0.394 e. The van der Waals surface area contributed by atoms with Crippen LogP contribution in [0.4, 0.5) is 20.3 Å². The molecule has 2 aromatic heterocycles. The van der Waals surface area contributed by atoms with Crippen molar-refractivity contribution in [3.63, 3.8) is 0 Å². The summed E-state index contributed by atoms with van der Waals surface area (Å²) in [5, 5.41) is 32.6. The van der Waals surface area contributed by atoms with Crippen LogP contribution >= 0.6 is 0 Å². The number of hydrogen-bond acceptors (Lipinski definition) is 16. The number of anilines is 2. The second-order valence-corrected chi connectivity index (χ2v) is 16.2. The van der Waals surface area contributed by atoms with Crippen molar-refractivity contribution in [1.29, 1.82) is 0 Å². The van der Waals surface area contributed by atoms with Crippen molar-refractivity contribution in [2.24, 2.45) is 17.8 Å². The Morgan fingerprint density at radius 1 is 0.803 bits per heavy atom. The fraction of sp³-hybridized carbons (Fsp3) is 0.644. The summed E-state index contributed by atoms with van der Waals surface area (Å²) in [6.07, 6.45) is 0.415. The number of aromatic nitrogens is 3. The molecule has 1 aliphatic heterocycles. The number of H-pyrrole nitrogens is 1. The maximum atomic E-state index is 13.2. The lowest BCUT2D eigenvalue weighted by Crippen LogP contribution is -2.43. The molecule has 1 aromatic carbocycles. The standard InChI is InChI=1S/C45H64F2N6O13/c1-45(46,47)66-34-4-2-33(3-5-34)51-43(56)32-28-38(39-6-8-50-52-39)42(49-29-32)53-10-7-35(30-53)65-25-24-64-23-22-63-21-20-62-19-18-61-17-16-60-15-14-59-13-12-58-11-9-48-44(57)37-27-31-26-36(37)41(55)40(31)54/h2-6,8,28-29,31,35-37,40-41,54-55H,7,9-27,30H2,1H3,(H,48,57)(H,50,52)(H,51,56)/t31-,35+,36+,37-,40-,41+/m0/s1. The number of fused-ring (bicyclic) bond motifs is 2. The lowest BCUT2D eigenvalue weighted by atomic mass is 9.84. The van der Waals surface area contributed by atoms with Crippen LogP contribution in [-0.4, -0.2) is 180 Å². The van der Waals surface area contributed by atoms with Gasteiger partial charge < -0.3 is 68.4 Å². The van der Waals surface area contributed by atoms with Gasteiger partial charge >= 0.3 is 6.11 Å². The molecule has 66 heavy (non-hydrogen) atoms. The number of benzene rings is 1. The van der Waals surface area contributed by atoms with Gasteiger partial charge in [-0.05, 0) is 67.5 Å². The molecule has 5 N–H and O–H groups in total. The number of nitrogens with zero attached hydrogens (tertiary/aromatic N) is 3. The molecule has 2 bridgehead atoms. The van der Waals surface area contributed by atoms with Crippen LogP contribution in [0.2, 0.25) is 0 Å². The summed E-state index contributed by atoms with van der Waals surface area (Å²) < 4.78 is 75.8. The highest BCUT2D eigenvalue weighted by Crippen LogP contribution is 2.48. The average molecular weight is 935 g/mol. The maximum absolute atomic E-state index is 13.2. The summed E-state index contributed by atoms with van der Waals surface area (Å²) >= 11 is 0. The molecule has 3 aliphatic rings. The summed E-state index contributed by atoms with van der Waals surface area (Å²) in [7, 11) is 0. The summed E-state index contributed by atoms with van der Waals surface area (Å²) in [6.45, 7) is 8.83. The van der Waals surface area contributed by atoms with Crippen molar-refractivity contribution in [3.05, 3.63) is 54.4 Å². The lowest BCUT2D eigenvalue weighted by Gasteiger charge is -2.28. The van der Waals surface area contributed by atoms with Gasteiger partial charge in [-0.25, -0.2) is 4.98 Å². The van der Waals surface area contributed by atoms with Gasteiger partial charge in [0.05, 0.1) is 129 Å². The largest absolute Gasteiger partial charge is 0.433 e. The molecule has 0 spiro atoms. The number of pyridine rings is 1. The highest BCUT2D eigenvalue weighted by molar-refractivity contribution is 6.05. The number of nitrogens with one attached hydrogen (secondary N) is 3. The number of rotatable bonds is 32. The van der Waals surface area contributed by atoms with Gasteiger partial charge in [-0.3, -0.25) is 14.7 Å². The highest BCUT2D eigenvalue weighted by atomic mass is 19.3. The van der Waals surface area contributed by atoms with E-state index in [2.05, 4.69) is 35.5 Å². The number of halogens is 2. The van der Waals surface area contributed by atoms with Gasteiger partial charge in [0.15, 0.2) is 0 Å². The summed E-state index contributed by atoms with van der Waals surface area (Å²) in [4.78, 5) is 32.3. The van der Waals surface area contributed by atoms with Gasteiger partial charge in [0.25, 0.3) is 5.91 Å². The van der Waals surface area contributed by atoms with Gasteiger partial charge in [0.2, 0.25) is 5.91 Å². The topological polar surface area (TPSA) is 227 Å². The molecule has 6 atom stereocenters. The Bertz CT molecular complexity index is 1880. The monoisotopic (exact) mass is 934 g/mol. The molecule has 2 aliphatic carbocycles. The van der Waals surface area contributed by atoms with E-state index in [-0.39, 0.29) is 35.5 Å². The van der Waals surface area contributed by atoms with E-state index in [1.54, 1.807) is 18.3 Å². The molecule has 1 saturated heterocycles. The molecule has 21 heteroatoms. The van der Waals surface area contributed by atoms with E-state index in [0.29, 0.717) is 167 Å². The summed E-state index contributed by atoms with van der Waals surface area (Å²) in [5.41, 5.74) is 2.12. The van der Waals surface area contributed by atoms with Gasteiger partial charge in [0, 0.05) is 56.1 Å². The summed E-state index contributed by atoms with van der Waals surface area (Å²) in [5.74, 6) is -0.195. The minimum atomic E-state index is -3.31. The van der Waals surface area contributed by atoms with Crippen LogP contribution in [0, 0.1) is 17.8 Å². The Balaban J connectivity index is 0.701. The number of carbonyl (C=O) groups is 2.